The summed E-state index contributed by atoms with van der Waals surface area (Å²) < 4.78 is 40.8. The fraction of sp³-hybridized carbons (Fsp3) is 0.600. The highest BCUT2D eigenvalue weighted by Crippen LogP contribution is 2.16. The Morgan fingerprint density at radius 2 is 2.32 bits per heavy atom. The van der Waals surface area contributed by atoms with Crippen LogP contribution in [0, 0.1) is 0 Å². The first kappa shape index (κ1) is 15.8. The number of aromatic nitrogens is 1. The Morgan fingerprint density at radius 3 is 2.89 bits per heavy atom. The van der Waals surface area contributed by atoms with Crippen LogP contribution in [-0.2, 0) is 0 Å². The molecule has 1 aromatic rings. The van der Waals surface area contributed by atoms with Crippen molar-refractivity contribution in [1.29, 1.82) is 0 Å². The summed E-state index contributed by atoms with van der Waals surface area (Å²) in [5.74, 6) is -0.00492. The Hall–Kier alpha value is -1.22. The lowest BCUT2D eigenvalue weighted by atomic mass is 10.2. The number of thioether (sulfide) groups is 1. The topological polar surface area (TPSA) is 81.1 Å². The van der Waals surface area contributed by atoms with Crippen molar-refractivity contribution in [3.8, 4) is 0 Å². The molecule has 9 heteroatoms. The van der Waals surface area contributed by atoms with Crippen molar-refractivity contribution in [1.82, 2.24) is 10.3 Å². The molecule has 0 saturated carbocycles. The Kier molecular flexibility index (Phi) is 5.67. The average Bonchev–Trinajstić information content (AvgIpc) is 2.81. The summed E-state index contributed by atoms with van der Waals surface area (Å²) in [6.45, 7) is -1.41. The van der Waals surface area contributed by atoms with Gasteiger partial charge in [-0.25, -0.2) is 4.98 Å². The molecular weight excluding hydrogens is 283 g/mol. The second kappa shape index (κ2) is 6.80. The normalized spacial score (nSPS) is 13.3. The van der Waals surface area contributed by atoms with E-state index in [1.807, 2.05) is 6.26 Å². The van der Waals surface area contributed by atoms with E-state index < -0.39 is 24.7 Å². The van der Waals surface area contributed by atoms with Crippen LogP contribution in [0.15, 0.2) is 10.7 Å². The van der Waals surface area contributed by atoms with Gasteiger partial charge < -0.3 is 15.5 Å². The molecule has 1 atom stereocenters. The Labute approximate surface area is 112 Å². The molecule has 0 aliphatic carbocycles. The number of amides is 1. The zero-order chi connectivity index (χ0) is 14.5. The summed E-state index contributed by atoms with van der Waals surface area (Å²) in [6.07, 6.45) is -0.944. The van der Waals surface area contributed by atoms with Gasteiger partial charge in [0, 0.05) is 0 Å². The Balaban J connectivity index is 2.56. The quantitative estimate of drug-likeness (QED) is 0.835. The minimum Gasteiger partial charge on any atom is -0.446 e. The lowest BCUT2D eigenvalue weighted by Crippen LogP contribution is -2.33. The van der Waals surface area contributed by atoms with Gasteiger partial charge in [0.2, 0.25) is 5.89 Å². The van der Waals surface area contributed by atoms with Gasteiger partial charge in [0.05, 0.1) is 6.04 Å². The van der Waals surface area contributed by atoms with Crippen molar-refractivity contribution in [2.24, 2.45) is 5.73 Å². The largest absolute Gasteiger partial charge is 0.446 e. The second-order valence-electron chi connectivity index (χ2n) is 3.76. The van der Waals surface area contributed by atoms with Crippen molar-refractivity contribution >= 4 is 17.7 Å². The summed E-state index contributed by atoms with van der Waals surface area (Å²) in [5, 5.41) is 1.70. The van der Waals surface area contributed by atoms with Gasteiger partial charge in [0.15, 0.2) is 5.69 Å². The van der Waals surface area contributed by atoms with Crippen LogP contribution >= 0.6 is 11.8 Å². The zero-order valence-electron chi connectivity index (χ0n) is 10.2. The van der Waals surface area contributed by atoms with Crippen LogP contribution in [0.5, 0.6) is 0 Å². The van der Waals surface area contributed by atoms with E-state index >= 15 is 0 Å². The van der Waals surface area contributed by atoms with Gasteiger partial charge in [-0.05, 0) is 18.4 Å². The summed E-state index contributed by atoms with van der Waals surface area (Å²) in [4.78, 5) is 15.1. The Morgan fingerprint density at radius 1 is 1.63 bits per heavy atom. The molecule has 1 heterocycles. The average molecular weight is 297 g/mol. The van der Waals surface area contributed by atoms with Crippen LogP contribution in [0.2, 0.25) is 0 Å². The molecule has 0 radical (unpaired) electrons. The Bertz CT molecular complexity index is 422. The van der Waals surface area contributed by atoms with E-state index in [-0.39, 0.29) is 11.6 Å². The highest BCUT2D eigenvalue weighted by molar-refractivity contribution is 7.98. The molecule has 19 heavy (non-hydrogen) atoms. The predicted octanol–water partition coefficient (Wildman–Crippen LogP) is 1.72. The molecule has 3 N–H and O–H groups in total. The number of oxazole rings is 1. The van der Waals surface area contributed by atoms with Gasteiger partial charge in [-0.15, -0.1) is 0 Å². The minimum atomic E-state index is -4.46. The summed E-state index contributed by atoms with van der Waals surface area (Å²) in [7, 11) is 0. The number of nitrogens with two attached hydrogens (primary N) is 1. The van der Waals surface area contributed by atoms with Crippen LogP contribution in [0.4, 0.5) is 13.2 Å². The third-order valence-corrected chi connectivity index (χ3v) is 2.80. The summed E-state index contributed by atoms with van der Waals surface area (Å²) in [6, 6.07) is -0.475. The maximum absolute atomic E-state index is 11.9. The standard InChI is InChI=1S/C10H14F3N3O2S/c1-19-3-2-6(14)9-16-7(4-18-9)8(17)15-5-10(11,12)13/h4,6H,2-3,5,14H2,1H3,(H,15,17). The number of rotatable bonds is 6. The lowest BCUT2D eigenvalue weighted by molar-refractivity contribution is -0.123. The van der Waals surface area contributed by atoms with Gasteiger partial charge >= 0.3 is 6.18 Å². The molecule has 0 aromatic carbocycles. The van der Waals surface area contributed by atoms with Crippen molar-refractivity contribution in [3.05, 3.63) is 17.8 Å². The zero-order valence-corrected chi connectivity index (χ0v) is 11.0. The predicted molar refractivity (Wildman–Crippen MR) is 64.8 cm³/mol. The number of carbonyl (C=O) groups excluding carboxylic acids is 1. The number of hydrogen-bond acceptors (Lipinski definition) is 5. The highest BCUT2D eigenvalue weighted by atomic mass is 32.2. The van der Waals surface area contributed by atoms with E-state index in [9.17, 15) is 18.0 Å². The molecule has 0 saturated heterocycles. The monoisotopic (exact) mass is 297 g/mol. The molecule has 5 nitrogen and oxygen atoms in total. The van der Waals surface area contributed by atoms with E-state index in [2.05, 4.69) is 4.98 Å². The van der Waals surface area contributed by atoms with Gasteiger partial charge in [-0.1, -0.05) is 0 Å². The van der Waals surface area contributed by atoms with Crippen molar-refractivity contribution in [2.45, 2.75) is 18.6 Å². The first-order valence-corrected chi connectivity index (χ1v) is 6.77. The van der Waals surface area contributed by atoms with Crippen molar-refractivity contribution < 1.29 is 22.4 Å². The molecule has 0 aliphatic heterocycles. The van der Waals surface area contributed by atoms with E-state index in [1.54, 1.807) is 17.1 Å². The maximum Gasteiger partial charge on any atom is 0.405 e. The molecule has 0 spiro atoms. The second-order valence-corrected chi connectivity index (χ2v) is 4.74. The van der Waals surface area contributed by atoms with E-state index in [1.165, 1.54) is 0 Å². The van der Waals surface area contributed by atoms with Gasteiger partial charge in [0.25, 0.3) is 5.91 Å². The molecule has 108 valence electrons. The van der Waals surface area contributed by atoms with Crippen LogP contribution in [0.1, 0.15) is 28.8 Å². The molecule has 0 aliphatic rings. The number of alkyl halides is 3. The van der Waals surface area contributed by atoms with Gasteiger partial charge in [0.1, 0.15) is 12.8 Å². The summed E-state index contributed by atoms with van der Waals surface area (Å²) >= 11 is 1.59. The first-order chi connectivity index (χ1) is 8.83. The summed E-state index contributed by atoms with van der Waals surface area (Å²) in [5.41, 5.74) is 5.55. The molecule has 0 fully saturated rings. The van der Waals surface area contributed by atoms with Crippen molar-refractivity contribution in [2.75, 3.05) is 18.6 Å². The third kappa shape index (κ3) is 5.52. The molecule has 1 amide bonds. The first-order valence-electron chi connectivity index (χ1n) is 5.38. The smallest absolute Gasteiger partial charge is 0.405 e. The van der Waals surface area contributed by atoms with Crippen LogP contribution in [0.3, 0.4) is 0 Å². The SMILES string of the molecule is CSCCC(N)c1nc(C(=O)NCC(F)(F)F)co1. The molecular formula is C10H14F3N3O2S. The van der Waals surface area contributed by atoms with Crippen LogP contribution < -0.4 is 11.1 Å². The van der Waals surface area contributed by atoms with Crippen LogP contribution in [0.25, 0.3) is 0 Å². The van der Waals surface area contributed by atoms with E-state index in [0.717, 1.165) is 12.0 Å². The van der Waals surface area contributed by atoms with E-state index in [0.29, 0.717) is 6.42 Å². The minimum absolute atomic E-state index is 0.145. The number of nitrogens with one attached hydrogen (secondary N) is 1. The maximum atomic E-state index is 11.9. The van der Waals surface area contributed by atoms with Gasteiger partial charge in [-0.3, -0.25) is 4.79 Å². The molecule has 1 rings (SSSR count). The number of halogens is 3. The number of nitrogens with zero attached hydrogens (tertiary/aromatic N) is 1. The fourth-order valence-corrected chi connectivity index (χ4v) is 1.69. The highest BCUT2D eigenvalue weighted by Gasteiger charge is 2.28. The third-order valence-electron chi connectivity index (χ3n) is 2.15. The lowest BCUT2D eigenvalue weighted by Gasteiger charge is -2.06. The molecule has 0 bridgehead atoms. The molecule has 1 unspecified atom stereocenters. The fourth-order valence-electron chi connectivity index (χ4n) is 1.20. The van der Waals surface area contributed by atoms with Crippen molar-refractivity contribution in [3.63, 3.8) is 0 Å². The number of carbonyl (C=O) groups is 1. The van der Waals surface area contributed by atoms with Gasteiger partial charge in [-0.2, -0.15) is 24.9 Å². The van der Waals surface area contributed by atoms with Crippen LogP contribution in [-0.4, -0.2) is 35.6 Å². The van der Waals surface area contributed by atoms with E-state index in [4.69, 9.17) is 10.2 Å². The molecule has 1 aromatic heterocycles. The number of hydrogen-bond donors (Lipinski definition) is 2.